The molecular formula is C9H18N2O2. The molecule has 1 atom stereocenters. The predicted molar refractivity (Wildman–Crippen MR) is 49.6 cm³/mol. The van der Waals surface area contributed by atoms with Crippen LogP contribution in [0.25, 0.3) is 0 Å². The Kier molecular flexibility index (Phi) is 2.32. The fourth-order valence-electron chi connectivity index (χ4n) is 1.72. The zero-order valence-electron chi connectivity index (χ0n) is 8.35. The fourth-order valence-corrected chi connectivity index (χ4v) is 1.72. The van der Waals surface area contributed by atoms with Crippen LogP contribution in [-0.4, -0.2) is 44.2 Å². The van der Waals surface area contributed by atoms with E-state index in [1.807, 2.05) is 13.8 Å². The highest BCUT2D eigenvalue weighted by Crippen LogP contribution is 2.19. The van der Waals surface area contributed by atoms with Crippen molar-refractivity contribution in [3.05, 3.63) is 0 Å². The third-order valence-corrected chi connectivity index (χ3v) is 2.69. The standard InChI is InChI=1S/C9H18N2O2/c1-8(2)11-5-9(7-13-8)6-12-4-3-10-9/h10-11H,3-7H2,1-2H3. The van der Waals surface area contributed by atoms with Crippen molar-refractivity contribution in [3.8, 4) is 0 Å². The molecule has 2 aliphatic rings. The van der Waals surface area contributed by atoms with Gasteiger partial charge in [-0.15, -0.1) is 0 Å². The summed E-state index contributed by atoms with van der Waals surface area (Å²) in [6.07, 6.45) is 0. The molecule has 1 unspecified atom stereocenters. The third-order valence-electron chi connectivity index (χ3n) is 2.69. The van der Waals surface area contributed by atoms with Crippen molar-refractivity contribution < 1.29 is 9.47 Å². The van der Waals surface area contributed by atoms with Gasteiger partial charge in [0.05, 0.1) is 25.4 Å². The highest BCUT2D eigenvalue weighted by Gasteiger charge is 2.40. The van der Waals surface area contributed by atoms with E-state index in [2.05, 4.69) is 10.6 Å². The molecule has 0 radical (unpaired) electrons. The maximum atomic E-state index is 5.70. The first-order valence-electron chi connectivity index (χ1n) is 4.84. The summed E-state index contributed by atoms with van der Waals surface area (Å²) >= 11 is 0. The summed E-state index contributed by atoms with van der Waals surface area (Å²) in [6.45, 7) is 8.22. The number of nitrogens with one attached hydrogen (secondary N) is 2. The van der Waals surface area contributed by atoms with Crippen molar-refractivity contribution in [2.45, 2.75) is 25.1 Å². The second kappa shape index (κ2) is 3.20. The molecule has 2 saturated heterocycles. The van der Waals surface area contributed by atoms with Crippen molar-refractivity contribution in [3.63, 3.8) is 0 Å². The van der Waals surface area contributed by atoms with Gasteiger partial charge < -0.3 is 14.8 Å². The van der Waals surface area contributed by atoms with Crippen molar-refractivity contribution in [2.75, 3.05) is 32.9 Å². The Morgan fingerprint density at radius 2 is 2.00 bits per heavy atom. The number of morpholine rings is 1. The number of rotatable bonds is 0. The van der Waals surface area contributed by atoms with E-state index in [1.54, 1.807) is 0 Å². The molecule has 2 N–H and O–H groups in total. The quantitative estimate of drug-likeness (QED) is 0.545. The van der Waals surface area contributed by atoms with Gasteiger partial charge in [0.25, 0.3) is 0 Å². The van der Waals surface area contributed by atoms with Crippen molar-refractivity contribution in [1.82, 2.24) is 10.6 Å². The molecule has 2 fully saturated rings. The molecule has 0 amide bonds. The Balaban J connectivity index is 1.95. The van der Waals surface area contributed by atoms with Gasteiger partial charge in [-0.1, -0.05) is 0 Å². The van der Waals surface area contributed by atoms with Crippen LogP contribution in [-0.2, 0) is 9.47 Å². The van der Waals surface area contributed by atoms with Gasteiger partial charge >= 0.3 is 0 Å². The molecule has 1 spiro atoms. The molecule has 0 aromatic rings. The molecule has 0 aliphatic carbocycles. The van der Waals surface area contributed by atoms with Gasteiger partial charge in [0.1, 0.15) is 5.72 Å². The monoisotopic (exact) mass is 186 g/mol. The van der Waals surface area contributed by atoms with Crippen LogP contribution in [0.3, 0.4) is 0 Å². The molecule has 0 aromatic carbocycles. The minimum Gasteiger partial charge on any atom is -0.378 e. The van der Waals surface area contributed by atoms with Crippen LogP contribution in [0.1, 0.15) is 13.8 Å². The van der Waals surface area contributed by atoms with Crippen LogP contribution in [0.4, 0.5) is 0 Å². The lowest BCUT2D eigenvalue weighted by molar-refractivity contribution is -0.132. The first-order chi connectivity index (χ1) is 6.12. The van der Waals surface area contributed by atoms with Crippen LogP contribution in [0, 0.1) is 0 Å². The first-order valence-corrected chi connectivity index (χ1v) is 4.84. The summed E-state index contributed by atoms with van der Waals surface area (Å²) in [5, 5.41) is 6.81. The van der Waals surface area contributed by atoms with E-state index in [4.69, 9.17) is 9.47 Å². The normalized spacial score (nSPS) is 39.2. The summed E-state index contributed by atoms with van der Waals surface area (Å²) in [5.74, 6) is 0. The molecule has 0 bridgehead atoms. The molecule has 76 valence electrons. The Bertz CT molecular complexity index is 176. The van der Waals surface area contributed by atoms with E-state index < -0.39 is 0 Å². The van der Waals surface area contributed by atoms with Crippen LogP contribution >= 0.6 is 0 Å². The average molecular weight is 186 g/mol. The minimum absolute atomic E-state index is 0.00771. The first kappa shape index (κ1) is 9.40. The third kappa shape index (κ3) is 2.02. The molecular weight excluding hydrogens is 168 g/mol. The molecule has 2 heterocycles. The molecule has 2 rings (SSSR count). The van der Waals surface area contributed by atoms with Gasteiger partial charge in [0.15, 0.2) is 0 Å². The van der Waals surface area contributed by atoms with E-state index in [0.29, 0.717) is 0 Å². The summed E-state index contributed by atoms with van der Waals surface area (Å²) in [7, 11) is 0. The lowest BCUT2D eigenvalue weighted by Crippen LogP contribution is -2.69. The van der Waals surface area contributed by atoms with E-state index in [-0.39, 0.29) is 11.3 Å². The lowest BCUT2D eigenvalue weighted by atomic mass is 9.98. The van der Waals surface area contributed by atoms with Crippen LogP contribution < -0.4 is 10.6 Å². The molecule has 0 aromatic heterocycles. The van der Waals surface area contributed by atoms with Gasteiger partial charge in [-0.2, -0.15) is 0 Å². The highest BCUT2D eigenvalue weighted by molar-refractivity contribution is 4.97. The molecule has 4 heteroatoms. The predicted octanol–water partition coefficient (Wildman–Crippen LogP) is -0.299. The second-order valence-corrected chi connectivity index (χ2v) is 4.41. The zero-order chi connectivity index (χ0) is 9.36. The maximum absolute atomic E-state index is 5.70. The Morgan fingerprint density at radius 3 is 2.54 bits per heavy atom. The van der Waals surface area contributed by atoms with E-state index in [1.165, 1.54) is 0 Å². The Morgan fingerprint density at radius 1 is 1.15 bits per heavy atom. The summed E-state index contributed by atoms with van der Waals surface area (Å²) in [5.41, 5.74) is -0.182. The number of hydrogen-bond acceptors (Lipinski definition) is 4. The largest absolute Gasteiger partial charge is 0.378 e. The van der Waals surface area contributed by atoms with Gasteiger partial charge in [0, 0.05) is 13.1 Å². The highest BCUT2D eigenvalue weighted by atomic mass is 16.5. The minimum atomic E-state index is -0.190. The summed E-state index contributed by atoms with van der Waals surface area (Å²) < 4.78 is 11.2. The SMILES string of the molecule is CC1(C)NCC2(COCCN2)CO1. The lowest BCUT2D eigenvalue weighted by Gasteiger charge is -2.46. The van der Waals surface area contributed by atoms with Gasteiger partial charge in [0.2, 0.25) is 0 Å². The molecule has 0 saturated carbocycles. The Labute approximate surface area is 79.0 Å². The topological polar surface area (TPSA) is 42.5 Å². The number of ether oxygens (including phenoxy) is 2. The van der Waals surface area contributed by atoms with Gasteiger partial charge in [-0.05, 0) is 13.8 Å². The van der Waals surface area contributed by atoms with Gasteiger partial charge in [-0.3, -0.25) is 5.32 Å². The van der Waals surface area contributed by atoms with Crippen LogP contribution in [0.15, 0.2) is 0 Å². The zero-order valence-corrected chi connectivity index (χ0v) is 8.35. The second-order valence-electron chi connectivity index (χ2n) is 4.41. The van der Waals surface area contributed by atoms with Crippen molar-refractivity contribution in [1.29, 1.82) is 0 Å². The van der Waals surface area contributed by atoms with E-state index in [9.17, 15) is 0 Å². The average Bonchev–Trinajstić information content (AvgIpc) is 2.13. The fraction of sp³-hybridized carbons (Fsp3) is 1.00. The Hall–Kier alpha value is -0.160. The smallest absolute Gasteiger partial charge is 0.113 e. The van der Waals surface area contributed by atoms with E-state index >= 15 is 0 Å². The molecule has 13 heavy (non-hydrogen) atoms. The molecule has 2 aliphatic heterocycles. The van der Waals surface area contributed by atoms with Crippen LogP contribution in [0.5, 0.6) is 0 Å². The van der Waals surface area contributed by atoms with Crippen molar-refractivity contribution in [2.24, 2.45) is 0 Å². The molecule has 4 nitrogen and oxygen atoms in total. The maximum Gasteiger partial charge on any atom is 0.113 e. The van der Waals surface area contributed by atoms with Crippen molar-refractivity contribution >= 4 is 0 Å². The summed E-state index contributed by atoms with van der Waals surface area (Å²) in [6, 6.07) is 0. The summed E-state index contributed by atoms with van der Waals surface area (Å²) in [4.78, 5) is 0. The van der Waals surface area contributed by atoms with Crippen LogP contribution in [0.2, 0.25) is 0 Å². The van der Waals surface area contributed by atoms with Gasteiger partial charge in [-0.25, -0.2) is 0 Å². The van der Waals surface area contributed by atoms with E-state index in [0.717, 1.165) is 32.9 Å². The number of hydrogen-bond donors (Lipinski definition) is 2.